The third kappa shape index (κ3) is 7.19. The minimum absolute atomic E-state index is 0.101. The van der Waals surface area contributed by atoms with E-state index in [1.54, 1.807) is 48.5 Å². The minimum atomic E-state index is -1.74. The summed E-state index contributed by atoms with van der Waals surface area (Å²) < 4.78 is 0. The van der Waals surface area contributed by atoms with E-state index in [0.29, 0.717) is 16.1 Å². The normalized spacial score (nSPS) is 12.5. The van der Waals surface area contributed by atoms with Gasteiger partial charge in [0.25, 0.3) is 5.91 Å². The minimum Gasteiger partial charge on any atom is -0.426 e. The summed E-state index contributed by atoms with van der Waals surface area (Å²) >= 11 is 6.13. The number of nitrogens with one attached hydrogen (secondary N) is 2. The quantitative estimate of drug-likeness (QED) is 0.365. The SMILES string of the molecule is Cc1ccccc1C[C@H](NC(=O)CC(NC(=O)c1ccccc1)c1cccc(Cl)c1)B(O)O. The van der Waals surface area contributed by atoms with Crippen LogP contribution in [-0.4, -0.2) is 34.9 Å². The molecule has 0 fully saturated rings. The lowest BCUT2D eigenvalue weighted by atomic mass is 9.75. The molecule has 0 bridgehead atoms. The lowest BCUT2D eigenvalue weighted by Crippen LogP contribution is -2.48. The molecule has 0 spiro atoms. The van der Waals surface area contributed by atoms with Gasteiger partial charge >= 0.3 is 7.12 Å². The second-order valence-electron chi connectivity index (χ2n) is 7.87. The number of hydrogen-bond acceptors (Lipinski definition) is 4. The Morgan fingerprint density at radius 3 is 2.30 bits per heavy atom. The van der Waals surface area contributed by atoms with E-state index in [-0.39, 0.29) is 18.7 Å². The molecule has 0 aliphatic rings. The van der Waals surface area contributed by atoms with Gasteiger partial charge in [0.05, 0.1) is 18.4 Å². The van der Waals surface area contributed by atoms with Gasteiger partial charge in [0.2, 0.25) is 5.91 Å². The van der Waals surface area contributed by atoms with Crippen molar-refractivity contribution in [3.05, 3.63) is 106 Å². The van der Waals surface area contributed by atoms with Crippen LogP contribution in [0.15, 0.2) is 78.9 Å². The van der Waals surface area contributed by atoms with Gasteiger partial charge in [0, 0.05) is 10.6 Å². The smallest absolute Gasteiger partial charge is 0.426 e. The zero-order valence-corrected chi connectivity index (χ0v) is 19.0. The summed E-state index contributed by atoms with van der Waals surface area (Å²) in [7, 11) is -1.74. The second-order valence-corrected chi connectivity index (χ2v) is 8.31. The molecule has 170 valence electrons. The zero-order chi connectivity index (χ0) is 23.8. The molecule has 8 heteroatoms. The first-order valence-electron chi connectivity index (χ1n) is 10.6. The number of amides is 2. The topological polar surface area (TPSA) is 98.7 Å². The van der Waals surface area contributed by atoms with Crippen molar-refractivity contribution < 1.29 is 19.6 Å². The van der Waals surface area contributed by atoms with Crippen LogP contribution in [0.5, 0.6) is 0 Å². The average Bonchev–Trinajstić information content (AvgIpc) is 2.80. The Morgan fingerprint density at radius 2 is 1.64 bits per heavy atom. The summed E-state index contributed by atoms with van der Waals surface area (Å²) in [6, 6.07) is 22.5. The molecule has 0 aromatic heterocycles. The van der Waals surface area contributed by atoms with Crippen molar-refractivity contribution in [3.8, 4) is 0 Å². The van der Waals surface area contributed by atoms with Crippen LogP contribution in [0.2, 0.25) is 5.02 Å². The fraction of sp³-hybridized carbons (Fsp3) is 0.200. The maximum absolute atomic E-state index is 12.9. The first-order chi connectivity index (χ1) is 15.8. The highest BCUT2D eigenvalue weighted by Crippen LogP contribution is 2.22. The van der Waals surface area contributed by atoms with Crippen LogP contribution in [0.25, 0.3) is 0 Å². The number of halogens is 1. The number of hydrogen-bond donors (Lipinski definition) is 4. The third-order valence-corrected chi connectivity index (χ3v) is 5.62. The molecule has 3 aromatic carbocycles. The van der Waals surface area contributed by atoms with E-state index in [0.717, 1.165) is 11.1 Å². The number of benzene rings is 3. The molecule has 6 nitrogen and oxygen atoms in total. The first-order valence-corrected chi connectivity index (χ1v) is 11.0. The molecular formula is C25H26BClN2O4. The predicted octanol–water partition coefficient (Wildman–Crippen LogP) is 3.25. The van der Waals surface area contributed by atoms with E-state index < -0.39 is 25.0 Å². The lowest BCUT2D eigenvalue weighted by molar-refractivity contribution is -0.122. The van der Waals surface area contributed by atoms with Gasteiger partial charge in [-0.2, -0.15) is 0 Å². The average molecular weight is 465 g/mol. The highest BCUT2D eigenvalue weighted by molar-refractivity contribution is 6.43. The Balaban J connectivity index is 1.75. The van der Waals surface area contributed by atoms with Crippen molar-refractivity contribution in [1.29, 1.82) is 0 Å². The van der Waals surface area contributed by atoms with Crippen LogP contribution in [0, 0.1) is 6.92 Å². The molecular weight excluding hydrogens is 439 g/mol. The molecule has 3 aromatic rings. The van der Waals surface area contributed by atoms with E-state index in [4.69, 9.17) is 11.6 Å². The van der Waals surface area contributed by atoms with Crippen LogP contribution >= 0.6 is 11.6 Å². The highest BCUT2D eigenvalue weighted by Gasteiger charge is 2.28. The van der Waals surface area contributed by atoms with E-state index in [9.17, 15) is 19.6 Å². The van der Waals surface area contributed by atoms with Gasteiger partial charge in [-0.15, -0.1) is 0 Å². The van der Waals surface area contributed by atoms with Crippen molar-refractivity contribution in [3.63, 3.8) is 0 Å². The first kappa shape index (κ1) is 24.5. The molecule has 2 atom stereocenters. The van der Waals surface area contributed by atoms with Gasteiger partial charge < -0.3 is 20.7 Å². The van der Waals surface area contributed by atoms with Crippen LogP contribution < -0.4 is 10.6 Å². The van der Waals surface area contributed by atoms with E-state index in [2.05, 4.69) is 10.6 Å². The predicted molar refractivity (Wildman–Crippen MR) is 130 cm³/mol. The zero-order valence-electron chi connectivity index (χ0n) is 18.2. The van der Waals surface area contributed by atoms with E-state index in [1.165, 1.54) is 0 Å². The molecule has 3 rings (SSSR count). The molecule has 0 saturated heterocycles. The molecule has 0 aliphatic heterocycles. The Morgan fingerprint density at radius 1 is 0.939 bits per heavy atom. The van der Waals surface area contributed by atoms with Gasteiger partial charge in [0.15, 0.2) is 0 Å². The van der Waals surface area contributed by atoms with Crippen molar-refractivity contribution in [2.45, 2.75) is 31.7 Å². The fourth-order valence-corrected chi connectivity index (χ4v) is 3.76. The summed E-state index contributed by atoms with van der Waals surface area (Å²) in [6.07, 6.45) is 0.157. The molecule has 4 N–H and O–H groups in total. The summed E-state index contributed by atoms with van der Waals surface area (Å²) in [6.45, 7) is 1.92. The largest absolute Gasteiger partial charge is 0.475 e. The molecule has 0 aliphatic carbocycles. The van der Waals surface area contributed by atoms with Crippen molar-refractivity contribution >= 4 is 30.5 Å². The third-order valence-electron chi connectivity index (χ3n) is 5.39. The van der Waals surface area contributed by atoms with E-state index in [1.807, 2.05) is 37.3 Å². The second kappa shape index (κ2) is 11.7. The monoisotopic (exact) mass is 464 g/mol. The Labute approximate surface area is 198 Å². The van der Waals surface area contributed by atoms with E-state index >= 15 is 0 Å². The highest BCUT2D eigenvalue weighted by atomic mass is 35.5. The number of aryl methyl sites for hydroxylation is 1. The number of carbonyl (C=O) groups excluding carboxylic acids is 2. The van der Waals surface area contributed by atoms with Gasteiger partial charge in [0.1, 0.15) is 0 Å². The maximum Gasteiger partial charge on any atom is 0.475 e. The molecule has 2 amide bonds. The molecule has 0 heterocycles. The van der Waals surface area contributed by atoms with Crippen LogP contribution in [0.3, 0.4) is 0 Å². The summed E-state index contributed by atoms with van der Waals surface area (Å²) in [5.74, 6) is -1.66. The molecule has 33 heavy (non-hydrogen) atoms. The van der Waals surface area contributed by atoms with Crippen LogP contribution in [0.1, 0.15) is 39.5 Å². The van der Waals surface area contributed by atoms with Crippen molar-refractivity contribution in [2.75, 3.05) is 0 Å². The van der Waals surface area contributed by atoms with Crippen molar-refractivity contribution in [1.82, 2.24) is 10.6 Å². The molecule has 0 saturated carbocycles. The van der Waals surface area contributed by atoms with Crippen molar-refractivity contribution in [2.24, 2.45) is 0 Å². The number of rotatable bonds is 9. The Hall–Kier alpha value is -3.13. The molecule has 1 unspecified atom stereocenters. The standard InChI is InChI=1S/C25H26BClN2O4/c1-17-8-5-6-11-19(17)15-23(26(32)33)29-24(30)16-22(20-12-7-13-21(27)14-20)28-25(31)18-9-3-2-4-10-18/h2-14,22-23,32-33H,15-16H2,1H3,(H,28,31)(H,29,30)/t22?,23-/m0/s1. The van der Waals surface area contributed by atoms with Gasteiger partial charge in [-0.1, -0.05) is 66.2 Å². The van der Waals surface area contributed by atoms with Gasteiger partial charge in [-0.3, -0.25) is 9.59 Å². The summed E-state index contributed by atoms with van der Waals surface area (Å²) in [5, 5.41) is 25.8. The van der Waals surface area contributed by atoms with Crippen LogP contribution in [0.4, 0.5) is 0 Å². The molecule has 0 radical (unpaired) electrons. The fourth-order valence-electron chi connectivity index (χ4n) is 3.56. The Kier molecular flexibility index (Phi) is 8.66. The van der Waals surface area contributed by atoms with Gasteiger partial charge in [-0.25, -0.2) is 0 Å². The Bertz CT molecular complexity index is 1090. The number of carbonyl (C=O) groups is 2. The van der Waals surface area contributed by atoms with Gasteiger partial charge in [-0.05, 0) is 54.3 Å². The summed E-state index contributed by atoms with van der Waals surface area (Å²) in [5.41, 5.74) is 3.03. The maximum atomic E-state index is 12.9. The lowest BCUT2D eigenvalue weighted by Gasteiger charge is -2.23. The van der Waals surface area contributed by atoms with Crippen LogP contribution in [-0.2, 0) is 11.2 Å². The summed E-state index contributed by atoms with van der Waals surface area (Å²) in [4.78, 5) is 25.7.